The predicted octanol–water partition coefficient (Wildman–Crippen LogP) is 8.10. The molecule has 174 valence electrons. The highest BCUT2D eigenvalue weighted by molar-refractivity contribution is 5.09. The second-order valence-electron chi connectivity index (χ2n) is 13.3. The van der Waals surface area contributed by atoms with E-state index in [-0.39, 0.29) is 6.10 Å². The summed E-state index contributed by atoms with van der Waals surface area (Å²) in [6.07, 6.45) is 16.5. The van der Waals surface area contributed by atoms with Gasteiger partial charge in [0.05, 0.1) is 6.10 Å². The third-order valence-corrected chi connectivity index (χ3v) is 11.9. The molecule has 0 spiro atoms. The molecule has 0 heterocycles. The lowest BCUT2D eigenvalue weighted by molar-refractivity contribution is -0.129. The summed E-state index contributed by atoms with van der Waals surface area (Å²) in [6, 6.07) is 0. The van der Waals surface area contributed by atoms with Crippen molar-refractivity contribution in [1.29, 1.82) is 0 Å². The number of fused-ring (bicyclic) bond motifs is 5. The van der Waals surface area contributed by atoms with Crippen molar-refractivity contribution >= 4 is 0 Å². The molecule has 0 aromatic rings. The highest BCUT2D eigenvalue weighted by Crippen LogP contribution is 2.68. The monoisotopic (exact) mass is 416 g/mol. The third-order valence-electron chi connectivity index (χ3n) is 11.9. The van der Waals surface area contributed by atoms with Gasteiger partial charge in [-0.1, -0.05) is 54.4 Å². The van der Waals surface area contributed by atoms with E-state index in [2.05, 4.69) is 41.5 Å². The molecule has 0 amide bonds. The highest BCUT2D eigenvalue weighted by Gasteiger charge is 2.60. The maximum absolute atomic E-state index is 10.3. The van der Waals surface area contributed by atoms with E-state index in [1.54, 1.807) is 0 Å². The van der Waals surface area contributed by atoms with Crippen LogP contribution in [0.1, 0.15) is 119 Å². The van der Waals surface area contributed by atoms with Gasteiger partial charge >= 0.3 is 0 Å². The summed E-state index contributed by atoms with van der Waals surface area (Å²) in [5.74, 6) is 7.34. The van der Waals surface area contributed by atoms with Crippen LogP contribution in [0.15, 0.2) is 0 Å². The maximum Gasteiger partial charge on any atom is 0.0543 e. The average Bonchev–Trinajstić information content (AvgIpc) is 3.06. The fourth-order valence-corrected chi connectivity index (χ4v) is 9.90. The number of hydrogen-bond donors (Lipinski definition) is 1. The highest BCUT2D eigenvalue weighted by atomic mass is 16.3. The van der Waals surface area contributed by atoms with Crippen molar-refractivity contribution in [3.05, 3.63) is 0 Å². The Bertz CT molecular complexity index is 583. The van der Waals surface area contributed by atoms with E-state index in [1.807, 2.05) is 0 Å². The van der Waals surface area contributed by atoms with Crippen LogP contribution in [0.2, 0.25) is 0 Å². The fourth-order valence-electron chi connectivity index (χ4n) is 9.90. The number of aliphatic hydroxyl groups is 1. The fraction of sp³-hybridized carbons (Fsp3) is 1.00. The van der Waals surface area contributed by atoms with Gasteiger partial charge in [0.25, 0.3) is 0 Å². The number of aliphatic hydroxyl groups excluding tert-OH is 1. The first kappa shape index (κ1) is 23.1. The predicted molar refractivity (Wildman–Crippen MR) is 128 cm³/mol. The van der Waals surface area contributed by atoms with Gasteiger partial charge in [0.2, 0.25) is 0 Å². The normalized spacial score (nSPS) is 48.0. The summed E-state index contributed by atoms with van der Waals surface area (Å²) in [7, 11) is 0. The summed E-state index contributed by atoms with van der Waals surface area (Å²) in [5.41, 5.74) is 1.14. The van der Waals surface area contributed by atoms with Crippen LogP contribution in [0.3, 0.4) is 0 Å². The molecule has 4 saturated carbocycles. The Hall–Kier alpha value is -0.0400. The Balaban J connectivity index is 1.45. The molecular weight excluding hydrogens is 364 g/mol. The zero-order valence-electron chi connectivity index (χ0n) is 21.1. The van der Waals surface area contributed by atoms with Crippen LogP contribution < -0.4 is 0 Å². The minimum Gasteiger partial charge on any atom is -0.393 e. The Morgan fingerprint density at radius 2 is 1.53 bits per heavy atom. The Labute approximate surface area is 188 Å². The second kappa shape index (κ2) is 8.72. The van der Waals surface area contributed by atoms with Crippen molar-refractivity contribution in [2.24, 2.45) is 58.2 Å². The van der Waals surface area contributed by atoms with E-state index in [0.717, 1.165) is 60.2 Å². The van der Waals surface area contributed by atoms with Crippen LogP contribution in [-0.2, 0) is 0 Å². The van der Waals surface area contributed by atoms with Crippen molar-refractivity contribution in [2.75, 3.05) is 0 Å². The zero-order chi connectivity index (χ0) is 21.7. The van der Waals surface area contributed by atoms with Gasteiger partial charge in [-0.05, 0) is 122 Å². The zero-order valence-corrected chi connectivity index (χ0v) is 21.1. The summed E-state index contributed by atoms with van der Waals surface area (Å²) >= 11 is 0. The molecule has 0 bridgehead atoms. The first-order valence-corrected chi connectivity index (χ1v) is 13.9. The van der Waals surface area contributed by atoms with E-state index in [4.69, 9.17) is 0 Å². The van der Waals surface area contributed by atoms with E-state index in [1.165, 1.54) is 64.2 Å². The molecule has 0 aromatic heterocycles. The van der Waals surface area contributed by atoms with Crippen LogP contribution in [0, 0.1) is 58.2 Å². The van der Waals surface area contributed by atoms with Gasteiger partial charge in [-0.3, -0.25) is 0 Å². The molecule has 0 saturated heterocycles. The van der Waals surface area contributed by atoms with Crippen LogP contribution in [-0.4, -0.2) is 11.2 Å². The molecule has 30 heavy (non-hydrogen) atoms. The molecule has 1 heteroatoms. The minimum atomic E-state index is -0.0111. The molecule has 1 nitrogen and oxygen atoms in total. The van der Waals surface area contributed by atoms with E-state index in [9.17, 15) is 5.11 Å². The molecular formula is C29H52O. The topological polar surface area (TPSA) is 20.2 Å². The van der Waals surface area contributed by atoms with Crippen molar-refractivity contribution in [3.63, 3.8) is 0 Å². The van der Waals surface area contributed by atoms with Crippen LogP contribution >= 0.6 is 0 Å². The molecule has 1 N–H and O–H groups in total. The van der Waals surface area contributed by atoms with Crippen molar-refractivity contribution in [1.82, 2.24) is 0 Å². The SMILES string of the molecule is CC[C@@H](CC[C@@H](C)[C@H]1CC[C@H]2[C@@H]3CCC4C[C@@H](O)CC[C@]4(C)[C@H]3CC[C@]12C)C(C)C. The van der Waals surface area contributed by atoms with Crippen molar-refractivity contribution in [3.8, 4) is 0 Å². The van der Waals surface area contributed by atoms with Gasteiger partial charge < -0.3 is 5.11 Å². The molecule has 0 radical (unpaired) electrons. The quantitative estimate of drug-likeness (QED) is 0.463. The largest absolute Gasteiger partial charge is 0.393 e. The van der Waals surface area contributed by atoms with E-state index >= 15 is 0 Å². The molecule has 4 fully saturated rings. The third kappa shape index (κ3) is 3.82. The lowest BCUT2D eigenvalue weighted by Gasteiger charge is -2.61. The minimum absolute atomic E-state index is 0.0111. The van der Waals surface area contributed by atoms with Gasteiger partial charge in [0.1, 0.15) is 0 Å². The van der Waals surface area contributed by atoms with Crippen molar-refractivity contribution in [2.45, 2.75) is 125 Å². The van der Waals surface area contributed by atoms with Crippen LogP contribution in [0.5, 0.6) is 0 Å². The first-order chi connectivity index (χ1) is 14.2. The average molecular weight is 417 g/mol. The standard InChI is InChI=1S/C29H52O/c1-7-21(19(2)3)9-8-20(4)25-12-13-26-24-11-10-22-18-23(30)14-16-28(22,5)27(24)15-17-29(25,26)6/h19-27,30H,7-18H2,1-6H3/t20-,21+,22?,23+,24+,25-,26+,27+,28+,29-/m1/s1. The molecule has 0 aliphatic heterocycles. The van der Waals surface area contributed by atoms with Gasteiger partial charge in [-0.25, -0.2) is 0 Å². The molecule has 4 aliphatic rings. The summed E-state index contributed by atoms with van der Waals surface area (Å²) in [4.78, 5) is 0. The van der Waals surface area contributed by atoms with Gasteiger partial charge in [-0.15, -0.1) is 0 Å². The number of hydrogen-bond acceptors (Lipinski definition) is 1. The van der Waals surface area contributed by atoms with Crippen molar-refractivity contribution < 1.29 is 5.11 Å². The van der Waals surface area contributed by atoms with Gasteiger partial charge in [0, 0.05) is 0 Å². The Morgan fingerprint density at radius 1 is 0.833 bits per heavy atom. The summed E-state index contributed by atoms with van der Waals surface area (Å²) in [6.45, 7) is 15.2. The lowest BCUT2D eigenvalue weighted by atomic mass is 9.44. The Kier molecular flexibility index (Phi) is 6.72. The smallest absolute Gasteiger partial charge is 0.0543 e. The number of rotatable bonds is 6. The summed E-state index contributed by atoms with van der Waals surface area (Å²) in [5, 5.41) is 10.3. The van der Waals surface area contributed by atoms with E-state index in [0.29, 0.717) is 10.8 Å². The molecule has 1 unspecified atom stereocenters. The molecule has 0 aromatic carbocycles. The van der Waals surface area contributed by atoms with E-state index < -0.39 is 0 Å². The molecule has 4 rings (SSSR count). The molecule has 10 atom stereocenters. The van der Waals surface area contributed by atoms with Crippen LogP contribution in [0.25, 0.3) is 0 Å². The Morgan fingerprint density at radius 3 is 2.23 bits per heavy atom. The lowest BCUT2D eigenvalue weighted by Crippen LogP contribution is -2.54. The van der Waals surface area contributed by atoms with Crippen LogP contribution in [0.4, 0.5) is 0 Å². The van der Waals surface area contributed by atoms with Gasteiger partial charge in [0.15, 0.2) is 0 Å². The summed E-state index contributed by atoms with van der Waals surface area (Å²) < 4.78 is 0. The maximum atomic E-state index is 10.3. The molecule has 4 aliphatic carbocycles. The first-order valence-electron chi connectivity index (χ1n) is 13.9. The second-order valence-corrected chi connectivity index (χ2v) is 13.3. The van der Waals surface area contributed by atoms with Gasteiger partial charge in [-0.2, -0.15) is 0 Å².